The summed E-state index contributed by atoms with van der Waals surface area (Å²) in [4.78, 5) is 14.0. The Hall–Kier alpha value is -1.26. The van der Waals surface area contributed by atoms with Crippen LogP contribution >= 0.6 is 11.6 Å². The molecule has 1 heterocycles. The van der Waals surface area contributed by atoms with Crippen molar-refractivity contribution in [2.45, 2.75) is 38.8 Å². The number of amides is 1. The standard InChI is InChI=1S/C16H23ClN2O2/c1-16(2,3)21-15(20)19-10-6-9-18-14(11-19)12-7-4-5-8-13(12)17/h4-5,7-8,14,18H,6,9-11H2,1-3H3. The zero-order valence-electron chi connectivity index (χ0n) is 12.9. The number of carbonyl (C=O) groups excluding carboxylic acids is 1. The fraction of sp³-hybridized carbons (Fsp3) is 0.562. The van der Waals surface area contributed by atoms with Gasteiger partial charge in [-0.15, -0.1) is 0 Å². The van der Waals surface area contributed by atoms with Crippen molar-refractivity contribution in [3.05, 3.63) is 34.9 Å². The van der Waals surface area contributed by atoms with E-state index in [4.69, 9.17) is 16.3 Å². The third-order valence-corrected chi connectivity index (χ3v) is 3.68. The molecule has 4 nitrogen and oxygen atoms in total. The molecule has 1 aliphatic heterocycles. The molecule has 0 saturated carbocycles. The quantitative estimate of drug-likeness (QED) is 0.861. The Morgan fingerprint density at radius 1 is 1.38 bits per heavy atom. The average molecular weight is 311 g/mol. The van der Waals surface area contributed by atoms with Crippen LogP contribution in [0.25, 0.3) is 0 Å². The number of halogens is 1. The van der Waals surface area contributed by atoms with Crippen molar-refractivity contribution < 1.29 is 9.53 Å². The first-order valence-corrected chi connectivity index (χ1v) is 7.70. The third-order valence-electron chi connectivity index (χ3n) is 3.33. The van der Waals surface area contributed by atoms with Crippen molar-refractivity contribution >= 4 is 17.7 Å². The molecule has 21 heavy (non-hydrogen) atoms. The van der Waals surface area contributed by atoms with E-state index >= 15 is 0 Å². The Balaban J connectivity index is 2.12. The highest BCUT2D eigenvalue weighted by atomic mass is 35.5. The molecule has 0 radical (unpaired) electrons. The van der Waals surface area contributed by atoms with Crippen LogP contribution in [-0.2, 0) is 4.74 Å². The number of hydrogen-bond donors (Lipinski definition) is 1. The van der Waals surface area contributed by atoms with Gasteiger partial charge in [0.2, 0.25) is 0 Å². The van der Waals surface area contributed by atoms with Crippen molar-refractivity contribution in [1.82, 2.24) is 10.2 Å². The summed E-state index contributed by atoms with van der Waals surface area (Å²) in [5.74, 6) is 0. The summed E-state index contributed by atoms with van der Waals surface area (Å²) in [5.41, 5.74) is 0.547. The highest BCUT2D eigenvalue weighted by Crippen LogP contribution is 2.25. The molecule has 116 valence electrons. The van der Waals surface area contributed by atoms with Crippen molar-refractivity contribution in [3.63, 3.8) is 0 Å². The van der Waals surface area contributed by atoms with Crippen molar-refractivity contribution in [2.75, 3.05) is 19.6 Å². The highest BCUT2D eigenvalue weighted by molar-refractivity contribution is 6.31. The monoisotopic (exact) mass is 310 g/mol. The first-order valence-electron chi connectivity index (χ1n) is 7.32. The van der Waals surface area contributed by atoms with Gasteiger partial charge in [0.05, 0.1) is 6.04 Å². The molecular formula is C16H23ClN2O2. The van der Waals surface area contributed by atoms with Crippen molar-refractivity contribution in [1.29, 1.82) is 0 Å². The molecule has 1 N–H and O–H groups in total. The smallest absolute Gasteiger partial charge is 0.410 e. The molecule has 1 atom stereocenters. The summed E-state index contributed by atoms with van der Waals surface area (Å²) in [7, 11) is 0. The maximum Gasteiger partial charge on any atom is 0.410 e. The molecule has 5 heteroatoms. The van der Waals surface area contributed by atoms with Crippen LogP contribution in [0.4, 0.5) is 4.79 Å². The van der Waals surface area contributed by atoms with E-state index in [1.807, 2.05) is 45.0 Å². The molecule has 1 saturated heterocycles. The zero-order valence-corrected chi connectivity index (χ0v) is 13.6. The van der Waals surface area contributed by atoms with E-state index in [1.165, 1.54) is 0 Å². The number of nitrogens with zero attached hydrogens (tertiary/aromatic N) is 1. The van der Waals surface area contributed by atoms with Crippen LogP contribution in [0.5, 0.6) is 0 Å². The van der Waals surface area contributed by atoms with Crippen LogP contribution in [0.15, 0.2) is 24.3 Å². The van der Waals surface area contributed by atoms with E-state index in [9.17, 15) is 4.79 Å². The second kappa shape index (κ2) is 6.67. The van der Waals surface area contributed by atoms with Crippen LogP contribution in [0.3, 0.4) is 0 Å². The fourth-order valence-electron chi connectivity index (χ4n) is 2.38. The molecule has 1 aromatic rings. The third kappa shape index (κ3) is 4.61. The number of carbonyl (C=O) groups is 1. The lowest BCUT2D eigenvalue weighted by molar-refractivity contribution is 0.0247. The Morgan fingerprint density at radius 2 is 2.10 bits per heavy atom. The van der Waals surface area contributed by atoms with E-state index in [1.54, 1.807) is 4.90 Å². The summed E-state index contributed by atoms with van der Waals surface area (Å²) in [5, 5.41) is 4.18. The lowest BCUT2D eigenvalue weighted by atomic mass is 10.1. The van der Waals surface area contributed by atoms with Crippen LogP contribution in [0.1, 0.15) is 38.8 Å². The highest BCUT2D eigenvalue weighted by Gasteiger charge is 2.27. The van der Waals surface area contributed by atoms with Gasteiger partial charge in [-0.25, -0.2) is 4.79 Å². The van der Waals surface area contributed by atoms with Crippen molar-refractivity contribution in [3.8, 4) is 0 Å². The van der Waals surface area contributed by atoms with Gasteiger partial charge in [0.25, 0.3) is 0 Å². The maximum atomic E-state index is 12.3. The van der Waals surface area contributed by atoms with Gasteiger partial charge >= 0.3 is 6.09 Å². The number of rotatable bonds is 1. The van der Waals surface area contributed by atoms with E-state index in [0.717, 1.165) is 23.6 Å². The molecule has 1 aliphatic rings. The molecule has 1 fully saturated rings. The molecule has 0 bridgehead atoms. The molecule has 0 aromatic heterocycles. The second-order valence-electron chi connectivity index (χ2n) is 6.31. The Kier molecular flexibility index (Phi) is 5.12. The minimum atomic E-state index is -0.475. The molecule has 1 unspecified atom stereocenters. The maximum absolute atomic E-state index is 12.3. The summed E-state index contributed by atoms with van der Waals surface area (Å²) in [6.45, 7) is 7.77. The first kappa shape index (κ1) is 16.1. The van der Waals surface area contributed by atoms with Gasteiger partial charge in [-0.1, -0.05) is 29.8 Å². The fourth-order valence-corrected chi connectivity index (χ4v) is 2.65. The van der Waals surface area contributed by atoms with Gasteiger partial charge in [0.15, 0.2) is 0 Å². The summed E-state index contributed by atoms with van der Waals surface area (Å²) in [6.07, 6.45) is 0.642. The van der Waals surface area contributed by atoms with Crippen LogP contribution < -0.4 is 5.32 Å². The van der Waals surface area contributed by atoms with Crippen LogP contribution in [0.2, 0.25) is 5.02 Å². The molecule has 0 aliphatic carbocycles. The largest absolute Gasteiger partial charge is 0.444 e. The van der Waals surface area contributed by atoms with E-state index < -0.39 is 5.60 Å². The van der Waals surface area contributed by atoms with Crippen molar-refractivity contribution in [2.24, 2.45) is 0 Å². The lowest BCUT2D eigenvalue weighted by Gasteiger charge is -2.28. The van der Waals surface area contributed by atoms with Gasteiger partial charge in [0, 0.05) is 18.1 Å². The molecule has 1 amide bonds. The summed E-state index contributed by atoms with van der Waals surface area (Å²) in [6, 6.07) is 7.79. The Labute approximate surface area is 131 Å². The summed E-state index contributed by atoms with van der Waals surface area (Å²) >= 11 is 6.27. The average Bonchev–Trinajstić information content (AvgIpc) is 2.63. The Morgan fingerprint density at radius 3 is 2.76 bits per heavy atom. The number of ether oxygens (including phenoxy) is 1. The minimum Gasteiger partial charge on any atom is -0.444 e. The topological polar surface area (TPSA) is 41.6 Å². The van der Waals surface area contributed by atoms with Gasteiger partial charge in [-0.3, -0.25) is 0 Å². The van der Waals surface area contributed by atoms with Crippen LogP contribution in [-0.4, -0.2) is 36.2 Å². The SMILES string of the molecule is CC(C)(C)OC(=O)N1CCCNC(c2ccccc2Cl)C1. The summed E-state index contributed by atoms with van der Waals surface area (Å²) < 4.78 is 5.47. The van der Waals surface area contributed by atoms with E-state index in [0.29, 0.717) is 13.1 Å². The number of hydrogen-bond acceptors (Lipinski definition) is 3. The predicted octanol–water partition coefficient (Wildman–Crippen LogP) is 3.61. The van der Waals surface area contributed by atoms with Gasteiger partial charge in [0.1, 0.15) is 5.60 Å². The van der Waals surface area contributed by atoms with E-state index in [-0.39, 0.29) is 12.1 Å². The zero-order chi connectivity index (χ0) is 15.5. The second-order valence-corrected chi connectivity index (χ2v) is 6.72. The molecule has 2 rings (SSSR count). The van der Waals surface area contributed by atoms with Crippen LogP contribution in [0, 0.1) is 0 Å². The molecular weight excluding hydrogens is 288 g/mol. The lowest BCUT2D eigenvalue weighted by Crippen LogP contribution is -2.39. The van der Waals surface area contributed by atoms with E-state index in [2.05, 4.69) is 5.32 Å². The normalized spacial score (nSPS) is 20.0. The first-order chi connectivity index (χ1) is 9.87. The van der Waals surface area contributed by atoms with Gasteiger partial charge in [-0.05, 0) is 45.4 Å². The number of nitrogens with one attached hydrogen (secondary N) is 1. The minimum absolute atomic E-state index is 0.0359. The number of benzene rings is 1. The molecule has 0 spiro atoms. The Bertz CT molecular complexity index is 499. The van der Waals surface area contributed by atoms with Gasteiger partial charge < -0.3 is 15.0 Å². The predicted molar refractivity (Wildman–Crippen MR) is 84.6 cm³/mol. The molecule has 1 aromatic carbocycles. The van der Waals surface area contributed by atoms with Gasteiger partial charge in [-0.2, -0.15) is 0 Å².